The van der Waals surface area contributed by atoms with Gasteiger partial charge in [-0.05, 0) is 19.9 Å². The van der Waals surface area contributed by atoms with Crippen molar-refractivity contribution in [2.45, 2.75) is 49.8 Å². The van der Waals surface area contributed by atoms with Gasteiger partial charge in [-0.1, -0.05) is 17.9 Å². The van der Waals surface area contributed by atoms with E-state index in [9.17, 15) is 25.4 Å². The summed E-state index contributed by atoms with van der Waals surface area (Å²) >= 11 is 0. The van der Waals surface area contributed by atoms with Crippen molar-refractivity contribution in [2.75, 3.05) is 6.61 Å². The van der Waals surface area contributed by atoms with E-state index in [4.69, 9.17) is 14.2 Å². The zero-order valence-electron chi connectivity index (χ0n) is 14.2. The third-order valence-electron chi connectivity index (χ3n) is 4.21. The molecule has 140 valence electrons. The lowest BCUT2D eigenvalue weighted by molar-refractivity contribution is -0.384. The van der Waals surface area contributed by atoms with Gasteiger partial charge in [-0.25, -0.2) is 0 Å². The molecular weight excluding hydrogens is 346 g/mol. The Morgan fingerprint density at radius 2 is 2.12 bits per heavy atom. The molecule has 5 atom stereocenters. The maximum Gasteiger partial charge on any atom is 0.270 e. The van der Waals surface area contributed by atoms with Gasteiger partial charge in [-0.2, -0.15) is 0 Å². The summed E-state index contributed by atoms with van der Waals surface area (Å²) in [6, 6.07) is 5.60. The van der Waals surface area contributed by atoms with Crippen LogP contribution in [0, 0.1) is 22.0 Å². The summed E-state index contributed by atoms with van der Waals surface area (Å²) in [7, 11) is 0. The highest BCUT2D eigenvalue weighted by molar-refractivity contribution is 5.45. The van der Waals surface area contributed by atoms with Crippen LogP contribution in [0.1, 0.15) is 19.4 Å². The highest BCUT2D eigenvalue weighted by atomic mass is 16.8. The van der Waals surface area contributed by atoms with Crippen molar-refractivity contribution >= 4 is 5.69 Å². The molecule has 3 rings (SSSR count). The molecule has 0 saturated carbocycles. The minimum absolute atomic E-state index is 0.141. The normalized spacial score (nSPS) is 33.2. The van der Waals surface area contributed by atoms with E-state index in [2.05, 4.69) is 11.8 Å². The Bertz CT molecular complexity index is 770. The van der Waals surface area contributed by atoms with Crippen molar-refractivity contribution in [3.63, 3.8) is 0 Å². The van der Waals surface area contributed by atoms with E-state index in [1.165, 1.54) is 18.2 Å². The fourth-order valence-corrected chi connectivity index (χ4v) is 3.03. The Morgan fingerprint density at radius 3 is 2.77 bits per heavy atom. The van der Waals surface area contributed by atoms with Crippen molar-refractivity contribution in [2.24, 2.45) is 0 Å². The first-order chi connectivity index (χ1) is 12.2. The van der Waals surface area contributed by atoms with E-state index in [0.29, 0.717) is 5.56 Å². The number of benzene rings is 1. The molecule has 0 spiro atoms. The van der Waals surface area contributed by atoms with Crippen LogP contribution in [0.4, 0.5) is 5.69 Å². The summed E-state index contributed by atoms with van der Waals surface area (Å²) in [6.45, 7) is 2.62. The fourth-order valence-electron chi connectivity index (χ4n) is 3.03. The molecule has 2 saturated heterocycles. The highest BCUT2D eigenvalue weighted by Gasteiger charge is 2.64. The van der Waals surface area contributed by atoms with E-state index in [1.807, 2.05) is 0 Å². The third-order valence-corrected chi connectivity index (χ3v) is 4.21. The summed E-state index contributed by atoms with van der Waals surface area (Å²) in [4.78, 5) is 10.3. The van der Waals surface area contributed by atoms with Crippen LogP contribution >= 0.6 is 0 Å². The number of rotatable bonds is 3. The van der Waals surface area contributed by atoms with Gasteiger partial charge in [0.05, 0.1) is 11.5 Å². The number of nitrogens with zero attached hydrogens (tertiary/aromatic N) is 1. The fraction of sp³-hybridized carbons (Fsp3) is 0.529. The van der Waals surface area contributed by atoms with Gasteiger partial charge in [-0.3, -0.25) is 10.1 Å². The molecule has 26 heavy (non-hydrogen) atoms. The van der Waals surface area contributed by atoms with Crippen molar-refractivity contribution in [3.8, 4) is 11.8 Å². The first-order valence-electron chi connectivity index (χ1n) is 7.96. The molecular formula is C17H19NO8. The number of nitro groups is 1. The molecule has 0 amide bonds. The second kappa shape index (κ2) is 6.59. The highest BCUT2D eigenvalue weighted by Crippen LogP contribution is 2.43. The Kier molecular flexibility index (Phi) is 4.74. The lowest BCUT2D eigenvalue weighted by Gasteiger charge is -2.31. The molecule has 2 aliphatic rings. The zero-order chi connectivity index (χ0) is 19.1. The van der Waals surface area contributed by atoms with Crippen LogP contribution in [-0.4, -0.2) is 62.8 Å². The van der Waals surface area contributed by atoms with E-state index in [-0.39, 0.29) is 5.69 Å². The largest absolute Gasteiger partial charge is 0.394 e. The maximum absolute atomic E-state index is 11.1. The Balaban J connectivity index is 1.96. The van der Waals surface area contributed by atoms with Crippen LogP contribution in [0.25, 0.3) is 0 Å². The maximum atomic E-state index is 11.1. The zero-order valence-corrected chi connectivity index (χ0v) is 14.2. The minimum Gasteiger partial charge on any atom is -0.394 e. The molecule has 2 fully saturated rings. The molecule has 2 heterocycles. The summed E-state index contributed by atoms with van der Waals surface area (Å²) in [5, 5.41) is 41.2. The van der Waals surface area contributed by atoms with Crippen LogP contribution in [0.15, 0.2) is 24.3 Å². The number of aliphatic hydroxyl groups excluding tert-OH is 2. The van der Waals surface area contributed by atoms with Gasteiger partial charge in [-0.15, -0.1) is 0 Å². The number of hydrogen-bond acceptors (Lipinski definition) is 8. The number of non-ortho nitro benzene ring substituents is 1. The second-order valence-electron chi connectivity index (χ2n) is 6.61. The number of hydrogen-bond donors (Lipinski definition) is 3. The van der Waals surface area contributed by atoms with Crippen molar-refractivity contribution in [3.05, 3.63) is 39.9 Å². The molecule has 0 radical (unpaired) electrons. The van der Waals surface area contributed by atoms with Crippen LogP contribution in [0.5, 0.6) is 0 Å². The topological polar surface area (TPSA) is 132 Å². The van der Waals surface area contributed by atoms with Crippen LogP contribution in [0.2, 0.25) is 0 Å². The smallest absolute Gasteiger partial charge is 0.270 e. The molecule has 2 aliphatic heterocycles. The first-order valence-corrected chi connectivity index (χ1v) is 7.96. The predicted octanol–water partition coefficient (Wildman–Crippen LogP) is -0.0930. The average Bonchev–Trinajstić information content (AvgIpc) is 3.04. The van der Waals surface area contributed by atoms with Crippen molar-refractivity contribution in [1.29, 1.82) is 0 Å². The molecule has 0 aliphatic carbocycles. The van der Waals surface area contributed by atoms with Crippen LogP contribution < -0.4 is 0 Å². The van der Waals surface area contributed by atoms with Gasteiger partial charge in [0.25, 0.3) is 5.69 Å². The molecule has 0 bridgehead atoms. The minimum atomic E-state index is -1.98. The molecule has 9 nitrogen and oxygen atoms in total. The summed E-state index contributed by atoms with van der Waals surface area (Å²) in [5.41, 5.74) is -1.82. The number of nitro benzene ring substituents is 1. The summed E-state index contributed by atoms with van der Waals surface area (Å²) in [6.07, 6.45) is -4.68. The van der Waals surface area contributed by atoms with Gasteiger partial charge in [0.1, 0.15) is 12.2 Å². The number of aliphatic hydroxyl groups is 3. The second-order valence-corrected chi connectivity index (χ2v) is 6.61. The van der Waals surface area contributed by atoms with Crippen molar-refractivity contribution in [1.82, 2.24) is 0 Å². The van der Waals surface area contributed by atoms with Gasteiger partial charge in [0.2, 0.25) is 0 Å². The SMILES string of the molecule is CC1(C)O[C@H]2O[C@H]([C@H](O)CO)[C@](O)(C#Cc3cccc([N+](=O)[O-])c3)[C@H]2O1. The third kappa shape index (κ3) is 3.31. The predicted molar refractivity (Wildman–Crippen MR) is 86.7 cm³/mol. The van der Waals surface area contributed by atoms with E-state index >= 15 is 0 Å². The molecule has 1 aromatic carbocycles. The van der Waals surface area contributed by atoms with E-state index < -0.39 is 47.5 Å². The monoisotopic (exact) mass is 365 g/mol. The van der Waals surface area contributed by atoms with Gasteiger partial charge >= 0.3 is 0 Å². The molecule has 0 aromatic heterocycles. The molecule has 9 heteroatoms. The van der Waals surface area contributed by atoms with E-state index in [1.54, 1.807) is 19.9 Å². The Hall–Kier alpha value is -2.06. The lowest BCUT2D eigenvalue weighted by atomic mass is 9.89. The van der Waals surface area contributed by atoms with Gasteiger partial charge < -0.3 is 29.5 Å². The van der Waals surface area contributed by atoms with Crippen LogP contribution in [-0.2, 0) is 14.2 Å². The average molecular weight is 365 g/mol. The van der Waals surface area contributed by atoms with Gasteiger partial charge in [0.15, 0.2) is 23.8 Å². The van der Waals surface area contributed by atoms with E-state index in [0.717, 1.165) is 0 Å². The van der Waals surface area contributed by atoms with Gasteiger partial charge in [0, 0.05) is 17.7 Å². The van der Waals surface area contributed by atoms with Crippen molar-refractivity contribution < 1.29 is 34.5 Å². The Morgan fingerprint density at radius 1 is 1.38 bits per heavy atom. The number of ether oxygens (including phenoxy) is 3. The molecule has 3 N–H and O–H groups in total. The summed E-state index contributed by atoms with van der Waals surface area (Å²) in [5.74, 6) is 4.23. The first kappa shape index (κ1) is 18.7. The quantitative estimate of drug-likeness (QED) is 0.385. The number of fused-ring (bicyclic) bond motifs is 1. The van der Waals surface area contributed by atoms with Crippen LogP contribution in [0.3, 0.4) is 0 Å². The standard InChI is InChI=1S/C17H19NO8/c1-16(2)25-14-15(26-16)24-13(12(20)9-19)17(14,21)7-6-10-4-3-5-11(8-10)18(22)23/h3-5,8,12-15,19-21H,9H2,1-2H3/t12-,13-,14+,15-,17-/m1/s1. The molecule has 1 aromatic rings. The molecule has 0 unspecified atom stereocenters. The summed E-state index contributed by atoms with van der Waals surface area (Å²) < 4.78 is 16.7. The lowest BCUT2D eigenvalue weighted by Crippen LogP contribution is -2.53. The Labute approximate surface area is 149 Å².